The summed E-state index contributed by atoms with van der Waals surface area (Å²) in [6, 6.07) is 0. The van der Waals surface area contributed by atoms with Gasteiger partial charge in [-0.1, -0.05) is 24.3 Å². The molecule has 0 bridgehead atoms. The zero-order valence-corrected chi connectivity index (χ0v) is 7.76. The lowest BCUT2D eigenvalue weighted by molar-refractivity contribution is 0.166. The molecular formula is C10H16O3. The Hall–Kier alpha value is -1.06. The summed E-state index contributed by atoms with van der Waals surface area (Å²) in [5.41, 5.74) is 0. The molecule has 0 rings (SSSR count). The Kier molecular flexibility index (Phi) is 8.30. The summed E-state index contributed by atoms with van der Waals surface area (Å²) in [5.74, 6) is 0. The maximum Gasteiger partial charge on any atom is 0.110 e. The molecule has 0 spiro atoms. The molecule has 0 radical (unpaired) electrons. The van der Waals surface area contributed by atoms with Crippen molar-refractivity contribution in [2.24, 2.45) is 0 Å². The van der Waals surface area contributed by atoms with Crippen LogP contribution in [0.3, 0.4) is 0 Å². The topological polar surface area (TPSA) is 49.7 Å². The van der Waals surface area contributed by atoms with Crippen LogP contribution in [-0.2, 0) is 4.74 Å². The van der Waals surface area contributed by atoms with E-state index in [0.29, 0.717) is 6.61 Å². The molecule has 13 heavy (non-hydrogen) atoms. The third-order valence-electron chi connectivity index (χ3n) is 1.11. The van der Waals surface area contributed by atoms with Gasteiger partial charge in [-0.15, -0.1) is 0 Å². The number of rotatable bonds is 6. The Balaban J connectivity index is 3.45. The van der Waals surface area contributed by atoms with E-state index in [0.717, 1.165) is 0 Å². The fourth-order valence-corrected chi connectivity index (χ4v) is 0.575. The molecule has 0 aromatic rings. The van der Waals surface area contributed by atoms with Crippen molar-refractivity contribution in [1.82, 2.24) is 0 Å². The molecule has 0 aliphatic rings. The number of aliphatic hydroxyl groups excluding tert-OH is 2. The summed E-state index contributed by atoms with van der Waals surface area (Å²) in [6.45, 7) is 2.02. The molecule has 0 aromatic heterocycles. The molecule has 0 saturated carbocycles. The quantitative estimate of drug-likeness (QED) is 0.368. The van der Waals surface area contributed by atoms with Gasteiger partial charge in [0.05, 0.1) is 19.0 Å². The van der Waals surface area contributed by atoms with Crippen LogP contribution in [0.4, 0.5) is 0 Å². The minimum Gasteiger partial charge on any atom is -0.499 e. The molecule has 0 amide bonds. The summed E-state index contributed by atoms with van der Waals surface area (Å²) in [7, 11) is 0. The number of ether oxygens (including phenoxy) is 1. The summed E-state index contributed by atoms with van der Waals surface area (Å²) in [6.07, 6.45) is 9.77. The fourth-order valence-electron chi connectivity index (χ4n) is 0.575. The highest BCUT2D eigenvalue weighted by molar-refractivity contribution is 5.10. The standard InChI is InChI=1S/C10H16O3/c1-10(12)6-4-2-3-5-8-13-9-7-11/h2-6,8,10-12H,7,9H2,1H3. The molecule has 1 unspecified atom stereocenters. The third-order valence-corrected chi connectivity index (χ3v) is 1.11. The Bertz CT molecular complexity index is 181. The average molecular weight is 184 g/mol. The van der Waals surface area contributed by atoms with Crippen molar-refractivity contribution in [2.75, 3.05) is 13.2 Å². The van der Waals surface area contributed by atoms with E-state index in [1.54, 1.807) is 37.3 Å². The fraction of sp³-hybridized carbons (Fsp3) is 0.400. The van der Waals surface area contributed by atoms with Crippen molar-refractivity contribution in [3.8, 4) is 0 Å². The number of hydrogen-bond acceptors (Lipinski definition) is 3. The van der Waals surface area contributed by atoms with Crippen molar-refractivity contribution in [3.05, 3.63) is 36.6 Å². The zero-order chi connectivity index (χ0) is 9.94. The first kappa shape index (κ1) is 11.9. The predicted octanol–water partition coefficient (Wildman–Crippen LogP) is 1.00. The summed E-state index contributed by atoms with van der Waals surface area (Å²) >= 11 is 0. The molecule has 0 aromatic carbocycles. The summed E-state index contributed by atoms with van der Waals surface area (Å²) in [5, 5.41) is 17.2. The molecule has 0 aliphatic carbocycles. The highest BCUT2D eigenvalue weighted by Gasteiger charge is 1.80. The van der Waals surface area contributed by atoms with E-state index in [1.807, 2.05) is 0 Å². The van der Waals surface area contributed by atoms with Gasteiger partial charge in [-0.25, -0.2) is 0 Å². The van der Waals surface area contributed by atoms with E-state index < -0.39 is 6.10 Å². The maximum atomic E-state index is 8.83. The van der Waals surface area contributed by atoms with Gasteiger partial charge in [0.1, 0.15) is 6.61 Å². The number of allylic oxidation sites excluding steroid dienone is 4. The normalized spacial score (nSPS) is 14.7. The van der Waals surface area contributed by atoms with Crippen LogP contribution in [0.15, 0.2) is 36.6 Å². The molecule has 3 nitrogen and oxygen atoms in total. The van der Waals surface area contributed by atoms with Crippen molar-refractivity contribution in [1.29, 1.82) is 0 Å². The molecule has 74 valence electrons. The highest BCUT2D eigenvalue weighted by atomic mass is 16.5. The lowest BCUT2D eigenvalue weighted by Gasteiger charge is -1.92. The van der Waals surface area contributed by atoms with Crippen molar-refractivity contribution in [3.63, 3.8) is 0 Å². The number of aliphatic hydroxyl groups is 2. The minimum absolute atomic E-state index is 0.0238. The molecule has 0 aliphatic heterocycles. The minimum atomic E-state index is -0.417. The summed E-state index contributed by atoms with van der Waals surface area (Å²) in [4.78, 5) is 0. The Morgan fingerprint density at radius 1 is 1.23 bits per heavy atom. The van der Waals surface area contributed by atoms with Crippen LogP contribution >= 0.6 is 0 Å². The largest absolute Gasteiger partial charge is 0.499 e. The van der Waals surface area contributed by atoms with Crippen LogP contribution in [0.25, 0.3) is 0 Å². The van der Waals surface area contributed by atoms with Gasteiger partial charge in [0, 0.05) is 0 Å². The van der Waals surface area contributed by atoms with Crippen molar-refractivity contribution in [2.45, 2.75) is 13.0 Å². The van der Waals surface area contributed by atoms with E-state index in [9.17, 15) is 0 Å². The molecule has 0 saturated heterocycles. The van der Waals surface area contributed by atoms with E-state index in [1.165, 1.54) is 6.26 Å². The van der Waals surface area contributed by atoms with Gasteiger partial charge in [0.25, 0.3) is 0 Å². The molecule has 3 heteroatoms. The average Bonchev–Trinajstić information content (AvgIpc) is 2.09. The van der Waals surface area contributed by atoms with Gasteiger partial charge in [0.15, 0.2) is 0 Å². The molecular weight excluding hydrogens is 168 g/mol. The van der Waals surface area contributed by atoms with Gasteiger partial charge in [-0.05, 0) is 13.0 Å². The smallest absolute Gasteiger partial charge is 0.110 e. The second-order valence-electron chi connectivity index (χ2n) is 2.43. The van der Waals surface area contributed by atoms with Crippen molar-refractivity contribution >= 4 is 0 Å². The van der Waals surface area contributed by atoms with Crippen molar-refractivity contribution < 1.29 is 14.9 Å². The zero-order valence-electron chi connectivity index (χ0n) is 7.76. The first-order valence-electron chi connectivity index (χ1n) is 4.18. The predicted molar refractivity (Wildman–Crippen MR) is 52.1 cm³/mol. The van der Waals surface area contributed by atoms with E-state index >= 15 is 0 Å². The van der Waals surface area contributed by atoms with Gasteiger partial charge in [-0.3, -0.25) is 0 Å². The van der Waals surface area contributed by atoms with Crippen LogP contribution < -0.4 is 0 Å². The second-order valence-corrected chi connectivity index (χ2v) is 2.43. The Labute approximate surface area is 78.7 Å². The summed E-state index contributed by atoms with van der Waals surface area (Å²) < 4.78 is 4.86. The first-order valence-corrected chi connectivity index (χ1v) is 4.18. The number of hydrogen-bond donors (Lipinski definition) is 2. The highest BCUT2D eigenvalue weighted by Crippen LogP contribution is 1.85. The SMILES string of the molecule is CC(O)C=CC=CC=COCCO. The second kappa shape index (κ2) is 9.03. The van der Waals surface area contributed by atoms with E-state index in [4.69, 9.17) is 14.9 Å². The van der Waals surface area contributed by atoms with Gasteiger partial charge in [-0.2, -0.15) is 0 Å². The Morgan fingerprint density at radius 2 is 1.92 bits per heavy atom. The first-order chi connectivity index (χ1) is 6.27. The molecule has 1 atom stereocenters. The van der Waals surface area contributed by atoms with E-state index in [-0.39, 0.29) is 6.61 Å². The lowest BCUT2D eigenvalue weighted by Crippen LogP contribution is -1.91. The Morgan fingerprint density at radius 3 is 2.54 bits per heavy atom. The van der Waals surface area contributed by atoms with Gasteiger partial charge in [0.2, 0.25) is 0 Å². The van der Waals surface area contributed by atoms with Crippen LogP contribution in [0.1, 0.15) is 6.92 Å². The van der Waals surface area contributed by atoms with Crippen LogP contribution in [0, 0.1) is 0 Å². The lowest BCUT2D eigenvalue weighted by atomic mass is 10.3. The molecule has 0 fully saturated rings. The maximum absolute atomic E-state index is 8.83. The molecule has 2 N–H and O–H groups in total. The van der Waals surface area contributed by atoms with Gasteiger partial charge < -0.3 is 14.9 Å². The third kappa shape index (κ3) is 10.9. The van der Waals surface area contributed by atoms with Gasteiger partial charge >= 0.3 is 0 Å². The van der Waals surface area contributed by atoms with Crippen LogP contribution in [0.5, 0.6) is 0 Å². The molecule has 0 heterocycles. The van der Waals surface area contributed by atoms with Crippen LogP contribution in [0.2, 0.25) is 0 Å². The van der Waals surface area contributed by atoms with E-state index in [2.05, 4.69) is 0 Å². The monoisotopic (exact) mass is 184 g/mol. The van der Waals surface area contributed by atoms with Crippen LogP contribution in [-0.4, -0.2) is 29.5 Å².